The minimum atomic E-state index is -1.11. The molecule has 0 bridgehead atoms. The molecule has 3 fully saturated rings. The molecule has 11 nitrogen and oxygen atoms in total. The van der Waals surface area contributed by atoms with Crippen LogP contribution in [0.1, 0.15) is 41.0 Å². The largest absolute Gasteiger partial charge is 0.444 e. The Hall–Kier alpha value is -1.05. The van der Waals surface area contributed by atoms with Gasteiger partial charge in [-0.3, -0.25) is 0 Å². The molecule has 2 N–H and O–H groups in total. The zero-order valence-corrected chi connectivity index (χ0v) is 19.7. The van der Waals surface area contributed by atoms with E-state index in [0.29, 0.717) is 13.0 Å². The van der Waals surface area contributed by atoms with Gasteiger partial charge in [0.25, 0.3) is 0 Å². The number of nitrogens with one attached hydrogen (secondary N) is 1. The number of hydrogen-bond donors (Lipinski definition) is 2. The lowest BCUT2D eigenvalue weighted by molar-refractivity contribution is -0.370. The second-order valence-corrected chi connectivity index (χ2v) is 9.64. The van der Waals surface area contributed by atoms with E-state index in [0.717, 1.165) is 0 Å². The predicted octanol–water partition coefficient (Wildman–Crippen LogP) is 0.912. The number of ether oxygens (including phenoxy) is 8. The first-order valence-electron chi connectivity index (χ1n) is 11.0. The molecule has 3 heterocycles. The lowest BCUT2D eigenvalue weighted by Gasteiger charge is -2.49. The van der Waals surface area contributed by atoms with Gasteiger partial charge in [-0.05, 0) is 41.0 Å². The Morgan fingerprint density at radius 3 is 2.69 bits per heavy atom. The van der Waals surface area contributed by atoms with Crippen LogP contribution in [-0.2, 0) is 37.9 Å². The van der Waals surface area contributed by atoms with E-state index < -0.39 is 48.1 Å². The number of fused-ring (bicyclic) bond motifs is 1. The molecule has 1 amide bonds. The Bertz CT molecular complexity index is 624. The summed E-state index contributed by atoms with van der Waals surface area (Å²) < 4.78 is 45.3. The summed E-state index contributed by atoms with van der Waals surface area (Å²) in [6.07, 6.45) is -3.85. The molecule has 186 valence electrons. The Morgan fingerprint density at radius 2 is 2.00 bits per heavy atom. The number of rotatable bonds is 7. The van der Waals surface area contributed by atoms with Crippen molar-refractivity contribution in [2.24, 2.45) is 0 Å². The summed E-state index contributed by atoms with van der Waals surface area (Å²) in [7, 11) is 1.55. The number of methoxy groups -OCH3 is 1. The highest BCUT2D eigenvalue weighted by molar-refractivity contribution is 5.68. The van der Waals surface area contributed by atoms with Gasteiger partial charge in [0, 0.05) is 13.7 Å². The summed E-state index contributed by atoms with van der Waals surface area (Å²) in [6, 6.07) is -0.931. The zero-order valence-electron chi connectivity index (χ0n) is 19.7. The first kappa shape index (κ1) is 25.6. The van der Waals surface area contributed by atoms with Crippen LogP contribution in [-0.4, -0.2) is 99.2 Å². The molecule has 0 unspecified atom stereocenters. The summed E-state index contributed by atoms with van der Waals surface area (Å²) in [5, 5.41) is 13.8. The molecule has 3 saturated heterocycles. The topological polar surface area (TPSA) is 123 Å². The third-order valence-electron chi connectivity index (χ3n) is 5.35. The van der Waals surface area contributed by atoms with Gasteiger partial charge in [0.1, 0.15) is 42.9 Å². The van der Waals surface area contributed by atoms with E-state index in [1.165, 1.54) is 0 Å². The third-order valence-corrected chi connectivity index (χ3v) is 5.35. The van der Waals surface area contributed by atoms with E-state index in [9.17, 15) is 9.90 Å². The van der Waals surface area contributed by atoms with Crippen LogP contribution in [0.5, 0.6) is 0 Å². The number of amides is 1. The maximum absolute atomic E-state index is 12.5. The van der Waals surface area contributed by atoms with Crippen molar-refractivity contribution in [1.82, 2.24) is 5.32 Å². The van der Waals surface area contributed by atoms with E-state index in [1.807, 2.05) is 0 Å². The molecule has 11 heteroatoms. The second kappa shape index (κ2) is 10.5. The van der Waals surface area contributed by atoms with Gasteiger partial charge in [-0.1, -0.05) is 0 Å². The van der Waals surface area contributed by atoms with Crippen LogP contribution in [0.15, 0.2) is 0 Å². The van der Waals surface area contributed by atoms with Gasteiger partial charge in [-0.15, -0.1) is 0 Å². The van der Waals surface area contributed by atoms with Crippen molar-refractivity contribution < 1.29 is 47.8 Å². The van der Waals surface area contributed by atoms with Gasteiger partial charge in [-0.2, -0.15) is 0 Å². The van der Waals surface area contributed by atoms with E-state index in [-0.39, 0.29) is 32.2 Å². The smallest absolute Gasteiger partial charge is 0.408 e. The summed E-state index contributed by atoms with van der Waals surface area (Å²) in [6.45, 7) is 9.83. The number of aliphatic hydroxyl groups excluding tert-OH is 1. The zero-order chi connectivity index (χ0) is 23.5. The van der Waals surface area contributed by atoms with Crippen LogP contribution < -0.4 is 5.32 Å². The third kappa shape index (κ3) is 6.73. The van der Waals surface area contributed by atoms with Gasteiger partial charge in [0.15, 0.2) is 12.1 Å². The van der Waals surface area contributed by atoms with Crippen LogP contribution in [0.2, 0.25) is 0 Å². The molecule has 7 atom stereocenters. The summed E-state index contributed by atoms with van der Waals surface area (Å²) in [5.41, 5.74) is -0.704. The van der Waals surface area contributed by atoms with Crippen LogP contribution in [0.3, 0.4) is 0 Å². The number of carbonyl (C=O) groups excluding carboxylic acids is 1. The van der Waals surface area contributed by atoms with Gasteiger partial charge in [0.05, 0.1) is 19.3 Å². The van der Waals surface area contributed by atoms with Crippen molar-refractivity contribution in [3.8, 4) is 0 Å². The van der Waals surface area contributed by atoms with Crippen molar-refractivity contribution in [3.05, 3.63) is 0 Å². The SMILES string of the molecule is COCO[C@H]1CCO[C@@H]1CO[C@@H]1O[C@@H]2COC(C)(C)O[C@H]2[C@@H](O)[C@H]1NC(=O)OC(C)(C)C. The number of hydrogen-bond acceptors (Lipinski definition) is 10. The highest BCUT2D eigenvalue weighted by Gasteiger charge is 2.52. The first-order chi connectivity index (χ1) is 15.0. The van der Waals surface area contributed by atoms with Crippen molar-refractivity contribution in [3.63, 3.8) is 0 Å². The summed E-state index contributed by atoms with van der Waals surface area (Å²) >= 11 is 0. The maximum atomic E-state index is 12.5. The van der Waals surface area contributed by atoms with Crippen LogP contribution in [0.4, 0.5) is 4.79 Å². The molecule has 0 saturated carbocycles. The fraction of sp³-hybridized carbons (Fsp3) is 0.952. The molecule has 0 radical (unpaired) electrons. The van der Waals surface area contributed by atoms with Crippen LogP contribution in [0.25, 0.3) is 0 Å². The molecule has 0 aromatic rings. The minimum absolute atomic E-state index is 0.142. The Morgan fingerprint density at radius 1 is 1.25 bits per heavy atom. The summed E-state index contributed by atoms with van der Waals surface area (Å²) in [5.74, 6) is -0.890. The molecular formula is C21H37NO10. The van der Waals surface area contributed by atoms with E-state index in [1.54, 1.807) is 41.7 Å². The number of carbonyl (C=O) groups is 1. The van der Waals surface area contributed by atoms with Crippen LogP contribution in [0, 0.1) is 0 Å². The second-order valence-electron chi connectivity index (χ2n) is 9.64. The van der Waals surface area contributed by atoms with E-state index in [4.69, 9.17) is 37.9 Å². The lowest BCUT2D eigenvalue weighted by Crippen LogP contribution is -2.68. The first-order valence-corrected chi connectivity index (χ1v) is 11.0. The predicted molar refractivity (Wildman–Crippen MR) is 110 cm³/mol. The fourth-order valence-corrected chi connectivity index (χ4v) is 3.90. The normalized spacial score (nSPS) is 37.0. The molecule has 0 aliphatic carbocycles. The molecular weight excluding hydrogens is 426 g/mol. The average Bonchev–Trinajstić information content (AvgIpc) is 3.13. The van der Waals surface area contributed by atoms with Crippen molar-refractivity contribution in [2.75, 3.05) is 33.7 Å². The fourth-order valence-electron chi connectivity index (χ4n) is 3.90. The molecule has 0 aromatic heterocycles. The molecule has 3 rings (SSSR count). The van der Waals surface area contributed by atoms with Gasteiger partial charge in [-0.25, -0.2) is 4.79 Å². The van der Waals surface area contributed by atoms with E-state index >= 15 is 0 Å². The molecule has 32 heavy (non-hydrogen) atoms. The number of alkyl carbamates (subject to hydrolysis) is 1. The molecule has 3 aliphatic rings. The molecule has 3 aliphatic heterocycles. The Balaban J connectivity index is 1.68. The number of aliphatic hydroxyl groups is 1. The molecule has 0 aromatic carbocycles. The van der Waals surface area contributed by atoms with Gasteiger partial charge >= 0.3 is 6.09 Å². The maximum Gasteiger partial charge on any atom is 0.408 e. The highest BCUT2D eigenvalue weighted by atomic mass is 16.8. The average molecular weight is 464 g/mol. The van der Waals surface area contributed by atoms with Crippen molar-refractivity contribution >= 4 is 6.09 Å². The van der Waals surface area contributed by atoms with Gasteiger partial charge in [0.2, 0.25) is 0 Å². The van der Waals surface area contributed by atoms with Crippen molar-refractivity contribution in [1.29, 1.82) is 0 Å². The van der Waals surface area contributed by atoms with E-state index in [2.05, 4.69) is 5.32 Å². The van der Waals surface area contributed by atoms with Gasteiger partial charge < -0.3 is 48.3 Å². The monoisotopic (exact) mass is 463 g/mol. The minimum Gasteiger partial charge on any atom is -0.444 e. The summed E-state index contributed by atoms with van der Waals surface area (Å²) in [4.78, 5) is 12.5. The van der Waals surface area contributed by atoms with Crippen molar-refractivity contribution in [2.45, 2.75) is 95.3 Å². The standard InChI is InChI=1S/C21H37NO10/c1-20(2,3)32-19(24)22-15-16(23)17-14(10-29-21(4,5)31-17)30-18(15)27-9-13-12(7-8-26-13)28-11-25-6/h12-18,23H,7-11H2,1-6H3,(H,22,24)/t12-,13+,14+,15+,16-,17+,18+/m0/s1. The molecule has 0 spiro atoms. The quantitative estimate of drug-likeness (QED) is 0.527. The highest BCUT2D eigenvalue weighted by Crippen LogP contribution is 2.33. The Kier molecular flexibility index (Phi) is 8.37. The Labute approximate surface area is 188 Å². The lowest BCUT2D eigenvalue weighted by atomic mass is 9.95. The van der Waals surface area contributed by atoms with Crippen LogP contribution >= 0.6 is 0 Å².